The Labute approximate surface area is 120 Å². The van der Waals surface area contributed by atoms with Gasteiger partial charge in [0.25, 0.3) is 0 Å². The van der Waals surface area contributed by atoms with E-state index in [2.05, 4.69) is 28.1 Å². The Hall–Kier alpha value is -0.510. The van der Waals surface area contributed by atoms with Gasteiger partial charge in [-0.3, -0.25) is 0 Å². The number of hydrogen-bond acceptors (Lipinski definition) is 0. The molecule has 0 amide bonds. The van der Waals surface area contributed by atoms with Gasteiger partial charge >= 0.3 is 6.18 Å². The normalized spacial score (nSPS) is 24.4. The molecule has 0 aliphatic heterocycles. The van der Waals surface area contributed by atoms with E-state index in [-0.39, 0.29) is 5.92 Å². The Kier molecular flexibility index (Phi) is 4.93. The van der Waals surface area contributed by atoms with Crippen LogP contribution in [0.2, 0.25) is 0 Å². The van der Waals surface area contributed by atoms with E-state index in [9.17, 15) is 13.2 Å². The van der Waals surface area contributed by atoms with E-state index < -0.39 is 12.6 Å². The predicted octanol–water partition coefficient (Wildman–Crippen LogP) is 6.07. The number of alkyl halides is 3. The minimum atomic E-state index is -4.00. The number of benzene rings is 1. The lowest BCUT2D eigenvalue weighted by atomic mass is 9.77. The minimum absolute atomic E-state index is 0.258. The maximum absolute atomic E-state index is 12.2. The molecule has 0 radical (unpaired) electrons. The zero-order valence-corrected chi connectivity index (χ0v) is 12.3. The summed E-state index contributed by atoms with van der Waals surface area (Å²) in [5.41, 5.74) is 1.32. The third-order valence-corrected chi connectivity index (χ3v) is 4.55. The fraction of sp³-hybridized carbons (Fsp3) is 0.600. The molecule has 0 bridgehead atoms. The first-order valence-electron chi connectivity index (χ1n) is 6.76. The van der Waals surface area contributed by atoms with Crippen LogP contribution in [0.3, 0.4) is 0 Å². The molecule has 1 fully saturated rings. The largest absolute Gasteiger partial charge is 0.389 e. The molecule has 0 N–H and O–H groups in total. The van der Waals surface area contributed by atoms with Gasteiger partial charge in [-0.2, -0.15) is 13.2 Å². The lowest BCUT2D eigenvalue weighted by Gasteiger charge is -2.29. The van der Waals surface area contributed by atoms with Crippen molar-refractivity contribution in [3.8, 4) is 0 Å². The summed E-state index contributed by atoms with van der Waals surface area (Å²) in [4.78, 5) is 0. The Morgan fingerprint density at radius 1 is 1.00 bits per heavy atom. The van der Waals surface area contributed by atoms with Gasteiger partial charge in [0, 0.05) is 10.9 Å². The molecule has 0 saturated heterocycles. The van der Waals surface area contributed by atoms with Crippen molar-refractivity contribution >= 4 is 15.9 Å². The molecule has 0 heterocycles. The third-order valence-electron chi connectivity index (χ3n) is 4.02. The summed E-state index contributed by atoms with van der Waals surface area (Å²) in [7, 11) is 0. The van der Waals surface area contributed by atoms with Crippen LogP contribution in [0.4, 0.5) is 13.2 Å². The molecule has 106 valence electrons. The highest BCUT2D eigenvalue weighted by atomic mass is 79.9. The van der Waals surface area contributed by atoms with Crippen molar-refractivity contribution in [2.45, 2.75) is 50.6 Å². The second kappa shape index (κ2) is 6.29. The monoisotopic (exact) mass is 334 g/mol. The van der Waals surface area contributed by atoms with Crippen LogP contribution in [0.5, 0.6) is 0 Å². The molecule has 0 unspecified atom stereocenters. The van der Waals surface area contributed by atoms with Gasteiger partial charge in [-0.1, -0.05) is 28.1 Å². The van der Waals surface area contributed by atoms with E-state index in [1.807, 2.05) is 12.1 Å². The van der Waals surface area contributed by atoms with Crippen LogP contribution in [-0.4, -0.2) is 6.18 Å². The molecular formula is C15H18BrF3. The van der Waals surface area contributed by atoms with Crippen LogP contribution in [-0.2, 0) is 0 Å². The smallest absolute Gasteiger partial charge is 0.171 e. The van der Waals surface area contributed by atoms with Crippen LogP contribution in [0, 0.1) is 5.92 Å². The predicted molar refractivity (Wildman–Crippen MR) is 74.1 cm³/mol. The minimum Gasteiger partial charge on any atom is -0.171 e. The van der Waals surface area contributed by atoms with Crippen LogP contribution in [0.1, 0.15) is 50.0 Å². The molecular weight excluding hydrogens is 317 g/mol. The highest BCUT2D eigenvalue weighted by Crippen LogP contribution is 2.39. The van der Waals surface area contributed by atoms with Crippen molar-refractivity contribution in [3.63, 3.8) is 0 Å². The van der Waals surface area contributed by atoms with Gasteiger partial charge in [-0.25, -0.2) is 0 Å². The van der Waals surface area contributed by atoms with Crippen molar-refractivity contribution in [3.05, 3.63) is 34.3 Å². The van der Waals surface area contributed by atoms with E-state index in [1.54, 1.807) is 0 Å². The summed E-state index contributed by atoms with van der Waals surface area (Å²) in [6.07, 6.45) is -0.429. The molecule has 0 nitrogen and oxygen atoms in total. The van der Waals surface area contributed by atoms with Gasteiger partial charge < -0.3 is 0 Å². The van der Waals surface area contributed by atoms with Gasteiger partial charge in [0.05, 0.1) is 0 Å². The number of halogens is 4. The van der Waals surface area contributed by atoms with Crippen molar-refractivity contribution in [2.24, 2.45) is 5.92 Å². The lowest BCUT2D eigenvalue weighted by molar-refractivity contribution is -0.138. The fourth-order valence-electron chi connectivity index (χ4n) is 2.89. The molecule has 0 atom stereocenters. The van der Waals surface area contributed by atoms with Crippen LogP contribution >= 0.6 is 15.9 Å². The lowest BCUT2D eigenvalue weighted by Crippen LogP contribution is -2.16. The molecule has 19 heavy (non-hydrogen) atoms. The second-order valence-corrected chi connectivity index (χ2v) is 6.34. The van der Waals surface area contributed by atoms with E-state index >= 15 is 0 Å². The van der Waals surface area contributed by atoms with Gasteiger partial charge in [-0.05, 0) is 61.6 Å². The van der Waals surface area contributed by atoms with Crippen molar-refractivity contribution in [2.75, 3.05) is 0 Å². The van der Waals surface area contributed by atoms with Crippen molar-refractivity contribution in [1.29, 1.82) is 0 Å². The molecule has 1 aromatic rings. The van der Waals surface area contributed by atoms with Gasteiger partial charge in [0.1, 0.15) is 0 Å². The Morgan fingerprint density at radius 2 is 1.58 bits per heavy atom. The Bertz CT molecular complexity index is 389. The van der Waals surface area contributed by atoms with E-state index in [0.29, 0.717) is 12.3 Å². The van der Waals surface area contributed by atoms with Gasteiger partial charge in [0.15, 0.2) is 0 Å². The van der Waals surface area contributed by atoms with E-state index in [0.717, 1.165) is 30.2 Å². The summed E-state index contributed by atoms with van der Waals surface area (Å²) < 4.78 is 37.6. The quantitative estimate of drug-likeness (QED) is 0.629. The highest BCUT2D eigenvalue weighted by molar-refractivity contribution is 9.10. The summed E-state index contributed by atoms with van der Waals surface area (Å²) in [6.45, 7) is 0. The van der Waals surface area contributed by atoms with Gasteiger partial charge in [0.2, 0.25) is 0 Å². The molecule has 2 rings (SSSR count). The molecule has 1 aliphatic rings. The van der Waals surface area contributed by atoms with Gasteiger partial charge in [-0.15, -0.1) is 0 Å². The first-order chi connectivity index (χ1) is 8.94. The SMILES string of the molecule is FC(F)(F)CCC1CCC(c2ccc(Br)cc2)CC1. The van der Waals surface area contributed by atoms with E-state index in [4.69, 9.17) is 0 Å². The standard InChI is InChI=1S/C15H18BrF3/c16-14-7-5-13(6-8-14)12-3-1-11(2-4-12)9-10-15(17,18)19/h5-8,11-12H,1-4,9-10H2. The molecule has 1 aliphatic carbocycles. The highest BCUT2D eigenvalue weighted by Gasteiger charge is 2.30. The zero-order chi connectivity index (χ0) is 13.9. The van der Waals surface area contributed by atoms with Crippen molar-refractivity contribution < 1.29 is 13.2 Å². The Morgan fingerprint density at radius 3 is 2.11 bits per heavy atom. The summed E-state index contributed by atoms with van der Waals surface area (Å²) in [5, 5.41) is 0. The first kappa shape index (κ1) is 14.9. The van der Waals surface area contributed by atoms with Crippen LogP contribution in [0.15, 0.2) is 28.7 Å². The van der Waals surface area contributed by atoms with Crippen LogP contribution in [0.25, 0.3) is 0 Å². The average Bonchev–Trinajstić information content (AvgIpc) is 2.37. The average molecular weight is 335 g/mol. The number of hydrogen-bond donors (Lipinski definition) is 0. The molecule has 0 spiro atoms. The maximum Gasteiger partial charge on any atom is 0.389 e. The fourth-order valence-corrected chi connectivity index (χ4v) is 3.15. The van der Waals surface area contributed by atoms with Crippen molar-refractivity contribution in [1.82, 2.24) is 0 Å². The van der Waals surface area contributed by atoms with E-state index in [1.165, 1.54) is 5.56 Å². The third kappa shape index (κ3) is 4.83. The summed E-state index contributed by atoms with van der Waals surface area (Å²) in [6, 6.07) is 8.30. The zero-order valence-electron chi connectivity index (χ0n) is 10.7. The topological polar surface area (TPSA) is 0 Å². The molecule has 0 aromatic heterocycles. The Balaban J connectivity index is 1.81. The second-order valence-electron chi connectivity index (χ2n) is 5.42. The van der Waals surface area contributed by atoms with Crippen LogP contribution < -0.4 is 0 Å². The summed E-state index contributed by atoms with van der Waals surface area (Å²) in [5.74, 6) is 0.781. The number of rotatable bonds is 3. The maximum atomic E-state index is 12.2. The molecule has 1 saturated carbocycles. The molecule has 1 aromatic carbocycles. The molecule has 4 heteroatoms. The first-order valence-corrected chi connectivity index (χ1v) is 7.55. The summed E-state index contributed by atoms with van der Waals surface area (Å²) >= 11 is 3.41.